The number of aromatic nitrogens is 2. The molecule has 1 N–H and O–H groups in total. The topological polar surface area (TPSA) is 106 Å². The summed E-state index contributed by atoms with van der Waals surface area (Å²) < 4.78 is 8.67. The van der Waals surface area contributed by atoms with Crippen molar-refractivity contribution in [3.05, 3.63) is 34.2 Å². The molecule has 3 fully saturated rings. The van der Waals surface area contributed by atoms with E-state index in [1.165, 1.54) is 10.1 Å². The third-order valence-electron chi connectivity index (χ3n) is 8.29. The van der Waals surface area contributed by atoms with E-state index in [1.807, 2.05) is 31.7 Å². The molecule has 1 unspecified atom stereocenters. The molecule has 1 aromatic heterocycles. The number of ether oxygens (including phenoxy) is 1. The lowest BCUT2D eigenvalue weighted by atomic mass is 9.81. The Labute approximate surface area is 222 Å². The molecule has 10 nitrogen and oxygen atoms in total. The lowest BCUT2D eigenvalue weighted by Crippen LogP contribution is -2.53. The highest BCUT2D eigenvalue weighted by atomic mass is 16.6. The van der Waals surface area contributed by atoms with Gasteiger partial charge in [-0.05, 0) is 76.5 Å². The summed E-state index contributed by atoms with van der Waals surface area (Å²) >= 11 is 0. The first-order valence-electron chi connectivity index (χ1n) is 13.8. The summed E-state index contributed by atoms with van der Waals surface area (Å²) in [5.74, 6) is -0.278. The zero-order chi connectivity index (χ0) is 27.2. The minimum absolute atomic E-state index is 0.225. The number of hydrogen-bond donors (Lipinski definition) is 1. The molecule has 206 valence electrons. The fraction of sp³-hybridized carbons (Fsp3) is 0.643. The van der Waals surface area contributed by atoms with Crippen molar-refractivity contribution in [1.29, 1.82) is 0 Å². The number of amides is 3. The maximum atomic E-state index is 13.1. The number of nitrogens with zero attached hydrogens (tertiary/aromatic N) is 4. The number of hydrogen-bond acceptors (Lipinski definition) is 6. The highest BCUT2D eigenvalue weighted by Gasteiger charge is 2.33. The molecule has 0 bridgehead atoms. The van der Waals surface area contributed by atoms with Crippen molar-refractivity contribution in [2.75, 3.05) is 26.2 Å². The van der Waals surface area contributed by atoms with Crippen LogP contribution in [0.4, 0.5) is 4.79 Å². The highest BCUT2D eigenvalue weighted by molar-refractivity contribution is 6.00. The van der Waals surface area contributed by atoms with Crippen molar-refractivity contribution in [3.63, 3.8) is 0 Å². The number of aryl methyl sites for hydroxylation is 1. The molecule has 0 spiro atoms. The standard InChI is InChI=1S/C28H39N5O5/c1-28(2,3)38-27(37)32-15-13-31(14-16-32)20-8-5-18(6-9-20)19-7-10-21-23(17-19)30(4)26(36)33(21)22-11-12-24(34)29-25(22)35/h7,10,17-18,20,22H,5-6,8-9,11-16H2,1-4H3,(H,29,34,35)/t18-,20+,22?. The van der Waals surface area contributed by atoms with Crippen molar-refractivity contribution < 1.29 is 19.1 Å². The first kappa shape index (κ1) is 26.5. The fourth-order valence-corrected chi connectivity index (χ4v) is 6.23. The van der Waals surface area contributed by atoms with E-state index in [9.17, 15) is 19.2 Å². The van der Waals surface area contributed by atoms with Gasteiger partial charge in [-0.2, -0.15) is 0 Å². The molecule has 1 aromatic carbocycles. The summed E-state index contributed by atoms with van der Waals surface area (Å²) in [6, 6.07) is 6.01. The van der Waals surface area contributed by atoms with Crippen molar-refractivity contribution in [3.8, 4) is 0 Å². The first-order chi connectivity index (χ1) is 18.0. The Morgan fingerprint density at radius 2 is 1.63 bits per heavy atom. The number of carbonyl (C=O) groups is 3. The van der Waals surface area contributed by atoms with Crippen LogP contribution in [0.1, 0.15) is 76.8 Å². The average molecular weight is 526 g/mol. The predicted octanol–water partition coefficient (Wildman–Crippen LogP) is 2.90. The van der Waals surface area contributed by atoms with Crippen LogP contribution in [0.2, 0.25) is 0 Å². The molecule has 3 heterocycles. The largest absolute Gasteiger partial charge is 0.444 e. The van der Waals surface area contributed by atoms with Crippen LogP contribution in [-0.4, -0.2) is 74.7 Å². The number of imide groups is 1. The second kappa shape index (κ2) is 10.2. The van der Waals surface area contributed by atoms with Crippen LogP contribution < -0.4 is 11.0 Å². The number of nitrogens with one attached hydrogen (secondary N) is 1. The Bertz CT molecular complexity index is 1290. The first-order valence-corrected chi connectivity index (χ1v) is 13.8. The molecule has 1 saturated carbocycles. The summed E-state index contributed by atoms with van der Waals surface area (Å²) in [5, 5.41) is 2.36. The van der Waals surface area contributed by atoms with Crippen LogP contribution >= 0.6 is 0 Å². The fourth-order valence-electron chi connectivity index (χ4n) is 6.23. The van der Waals surface area contributed by atoms with Gasteiger partial charge in [-0.3, -0.25) is 28.9 Å². The minimum atomic E-state index is -0.666. The molecule has 3 amide bonds. The maximum Gasteiger partial charge on any atom is 0.410 e. The van der Waals surface area contributed by atoms with E-state index in [0.29, 0.717) is 31.5 Å². The van der Waals surface area contributed by atoms with Gasteiger partial charge in [-0.15, -0.1) is 0 Å². The monoisotopic (exact) mass is 525 g/mol. The quantitative estimate of drug-likeness (QED) is 0.618. The third-order valence-corrected chi connectivity index (χ3v) is 8.29. The number of carbonyl (C=O) groups excluding carboxylic acids is 3. The summed E-state index contributed by atoms with van der Waals surface area (Å²) in [6.07, 6.45) is 4.70. The summed E-state index contributed by atoms with van der Waals surface area (Å²) in [7, 11) is 1.74. The summed E-state index contributed by atoms with van der Waals surface area (Å²) in [4.78, 5) is 53.8. The SMILES string of the molecule is Cn1c(=O)n(C2CCC(=O)NC2=O)c2ccc([C@H]3CC[C@@H](N4CCN(C(=O)OC(C)(C)C)CC4)CC3)cc21. The third kappa shape index (κ3) is 5.23. The van der Waals surface area contributed by atoms with E-state index in [1.54, 1.807) is 11.6 Å². The molecule has 1 atom stereocenters. The second-order valence-electron chi connectivity index (χ2n) is 11.9. The van der Waals surface area contributed by atoms with Gasteiger partial charge in [0.25, 0.3) is 0 Å². The van der Waals surface area contributed by atoms with E-state index in [-0.39, 0.29) is 24.1 Å². The Balaban J connectivity index is 1.22. The molecule has 2 aromatic rings. The normalized spacial score (nSPS) is 25.5. The summed E-state index contributed by atoms with van der Waals surface area (Å²) in [6.45, 7) is 8.82. The Morgan fingerprint density at radius 1 is 0.947 bits per heavy atom. The molecule has 38 heavy (non-hydrogen) atoms. The van der Waals surface area contributed by atoms with Crippen molar-refractivity contribution in [1.82, 2.24) is 24.3 Å². The Hall–Kier alpha value is -3.14. The number of piperazine rings is 1. The van der Waals surface area contributed by atoms with Gasteiger partial charge in [0.05, 0.1) is 11.0 Å². The predicted molar refractivity (Wildman–Crippen MR) is 143 cm³/mol. The van der Waals surface area contributed by atoms with E-state index >= 15 is 0 Å². The van der Waals surface area contributed by atoms with Gasteiger partial charge < -0.3 is 9.64 Å². The second-order valence-corrected chi connectivity index (χ2v) is 11.9. The molecule has 10 heteroatoms. The van der Waals surface area contributed by atoms with Gasteiger partial charge in [0.15, 0.2) is 0 Å². The van der Waals surface area contributed by atoms with E-state index in [0.717, 1.165) is 49.8 Å². The van der Waals surface area contributed by atoms with Gasteiger partial charge in [0.1, 0.15) is 11.6 Å². The van der Waals surface area contributed by atoms with Crippen LogP contribution in [0.3, 0.4) is 0 Å². The van der Waals surface area contributed by atoms with Gasteiger partial charge in [-0.25, -0.2) is 9.59 Å². The average Bonchev–Trinajstić information content (AvgIpc) is 3.12. The number of fused-ring (bicyclic) bond motifs is 1. The molecular formula is C28H39N5O5. The van der Waals surface area contributed by atoms with Crippen LogP contribution in [0.5, 0.6) is 0 Å². The van der Waals surface area contributed by atoms with Crippen LogP contribution in [0.15, 0.2) is 23.0 Å². The molecular weight excluding hydrogens is 486 g/mol. The van der Waals surface area contributed by atoms with Gasteiger partial charge in [-0.1, -0.05) is 6.07 Å². The van der Waals surface area contributed by atoms with Gasteiger partial charge >= 0.3 is 11.8 Å². The number of benzene rings is 1. The molecule has 5 rings (SSSR count). The summed E-state index contributed by atoms with van der Waals surface area (Å²) in [5.41, 5.74) is 2.06. The zero-order valence-corrected chi connectivity index (χ0v) is 22.9. The molecule has 0 radical (unpaired) electrons. The molecule has 2 saturated heterocycles. The lowest BCUT2D eigenvalue weighted by Gasteiger charge is -2.42. The van der Waals surface area contributed by atoms with E-state index in [4.69, 9.17) is 4.74 Å². The van der Waals surface area contributed by atoms with Crippen molar-refractivity contribution >= 4 is 28.9 Å². The number of piperidine rings is 1. The van der Waals surface area contributed by atoms with Gasteiger partial charge in [0, 0.05) is 45.7 Å². The molecule has 1 aliphatic carbocycles. The Morgan fingerprint density at radius 3 is 2.26 bits per heavy atom. The number of imidazole rings is 1. The van der Waals surface area contributed by atoms with Crippen molar-refractivity contribution in [2.45, 2.75) is 82.9 Å². The minimum Gasteiger partial charge on any atom is -0.444 e. The zero-order valence-electron chi connectivity index (χ0n) is 22.9. The van der Waals surface area contributed by atoms with Gasteiger partial charge in [0.2, 0.25) is 11.8 Å². The maximum absolute atomic E-state index is 13.1. The van der Waals surface area contributed by atoms with E-state index in [2.05, 4.69) is 22.3 Å². The van der Waals surface area contributed by atoms with Crippen LogP contribution in [0, 0.1) is 0 Å². The van der Waals surface area contributed by atoms with Crippen LogP contribution in [-0.2, 0) is 21.4 Å². The van der Waals surface area contributed by atoms with Crippen molar-refractivity contribution in [2.24, 2.45) is 7.05 Å². The Kier molecular flexibility index (Phi) is 7.11. The number of rotatable bonds is 3. The highest BCUT2D eigenvalue weighted by Crippen LogP contribution is 2.36. The lowest BCUT2D eigenvalue weighted by molar-refractivity contribution is -0.135. The molecule has 3 aliphatic rings. The molecule has 2 aliphatic heterocycles. The van der Waals surface area contributed by atoms with Crippen LogP contribution in [0.25, 0.3) is 11.0 Å². The van der Waals surface area contributed by atoms with E-state index < -0.39 is 17.6 Å². The smallest absolute Gasteiger partial charge is 0.410 e.